The van der Waals surface area contributed by atoms with E-state index in [1.165, 1.54) is 30.7 Å². The summed E-state index contributed by atoms with van der Waals surface area (Å²) in [6, 6.07) is 12.8. The lowest BCUT2D eigenvalue weighted by atomic mass is 10.00. The van der Waals surface area contributed by atoms with Gasteiger partial charge in [0.2, 0.25) is 11.8 Å². The van der Waals surface area contributed by atoms with Gasteiger partial charge in [-0.05, 0) is 29.7 Å². The number of anilines is 1. The van der Waals surface area contributed by atoms with Crippen molar-refractivity contribution in [1.82, 2.24) is 4.90 Å². The van der Waals surface area contributed by atoms with Crippen LogP contribution in [0.15, 0.2) is 48.5 Å². The number of halogens is 3. The molecule has 0 bridgehead atoms. The van der Waals surface area contributed by atoms with Gasteiger partial charge in [0.25, 0.3) is 0 Å². The zero-order valence-electron chi connectivity index (χ0n) is 15.5. The van der Waals surface area contributed by atoms with Gasteiger partial charge < -0.3 is 9.80 Å². The first kappa shape index (κ1) is 19.9. The maximum absolute atomic E-state index is 13.3. The first-order valence-electron chi connectivity index (χ1n) is 9.06. The highest BCUT2D eigenvalue weighted by Crippen LogP contribution is 2.36. The summed E-state index contributed by atoms with van der Waals surface area (Å²) in [6.07, 6.45) is -3.87. The predicted molar refractivity (Wildman–Crippen MR) is 99.7 cm³/mol. The van der Waals surface area contributed by atoms with Crippen LogP contribution < -0.4 is 4.90 Å². The Morgan fingerprint density at radius 2 is 1.68 bits per heavy atom. The normalized spacial score (nSPS) is 13.8. The Bertz CT molecular complexity index is 880. The van der Waals surface area contributed by atoms with E-state index in [9.17, 15) is 22.8 Å². The lowest BCUT2D eigenvalue weighted by Crippen LogP contribution is -2.39. The first-order valence-corrected chi connectivity index (χ1v) is 9.06. The third kappa shape index (κ3) is 4.35. The Hall–Kier alpha value is -2.83. The number of hydrogen-bond acceptors (Lipinski definition) is 2. The Morgan fingerprint density at radius 1 is 1.04 bits per heavy atom. The van der Waals surface area contributed by atoms with Crippen LogP contribution in [-0.4, -0.2) is 29.8 Å². The van der Waals surface area contributed by atoms with Gasteiger partial charge in [-0.2, -0.15) is 13.2 Å². The summed E-state index contributed by atoms with van der Waals surface area (Å²) < 4.78 is 39.9. The van der Waals surface area contributed by atoms with Gasteiger partial charge in [0.1, 0.15) is 0 Å². The number of para-hydroxylation sites is 1. The highest BCUT2D eigenvalue weighted by Gasteiger charge is 2.35. The molecule has 3 rings (SSSR count). The molecule has 0 radical (unpaired) electrons. The summed E-state index contributed by atoms with van der Waals surface area (Å²) in [7, 11) is 0. The Labute approximate surface area is 161 Å². The molecule has 0 fully saturated rings. The molecule has 4 nitrogen and oxygen atoms in total. The summed E-state index contributed by atoms with van der Waals surface area (Å²) in [4.78, 5) is 27.3. The standard InChI is InChI=1S/C21H21F3N2O2/c1-15(27)26(19-9-5-4-8-18(19)21(22,23)24)13-11-20(28)25-12-10-16-6-2-3-7-17(16)14-25/h2-9H,10-14H2,1H3. The van der Waals surface area contributed by atoms with Crippen molar-refractivity contribution in [2.45, 2.75) is 32.5 Å². The number of nitrogens with zero attached hydrogens (tertiary/aromatic N) is 2. The molecule has 2 aromatic rings. The third-order valence-electron chi connectivity index (χ3n) is 4.91. The van der Waals surface area contributed by atoms with Crippen LogP contribution in [0.2, 0.25) is 0 Å². The van der Waals surface area contributed by atoms with Crippen molar-refractivity contribution in [2.75, 3.05) is 18.0 Å². The van der Waals surface area contributed by atoms with Gasteiger partial charge in [-0.1, -0.05) is 36.4 Å². The molecule has 1 heterocycles. The predicted octanol–water partition coefficient (Wildman–Crippen LogP) is 4.03. The highest BCUT2D eigenvalue weighted by molar-refractivity contribution is 5.93. The molecule has 1 aliphatic heterocycles. The molecule has 0 spiro atoms. The highest BCUT2D eigenvalue weighted by atomic mass is 19.4. The summed E-state index contributed by atoms with van der Waals surface area (Å²) in [6.45, 7) is 2.15. The monoisotopic (exact) mass is 390 g/mol. The number of rotatable bonds is 4. The zero-order chi connectivity index (χ0) is 20.3. The van der Waals surface area contributed by atoms with Crippen molar-refractivity contribution >= 4 is 17.5 Å². The van der Waals surface area contributed by atoms with E-state index < -0.39 is 17.6 Å². The van der Waals surface area contributed by atoms with Gasteiger partial charge in [0.05, 0.1) is 11.3 Å². The van der Waals surface area contributed by atoms with Crippen LogP contribution in [0.25, 0.3) is 0 Å². The van der Waals surface area contributed by atoms with Gasteiger partial charge in [-0.25, -0.2) is 0 Å². The molecular formula is C21H21F3N2O2. The van der Waals surface area contributed by atoms with E-state index in [0.717, 1.165) is 23.0 Å². The van der Waals surface area contributed by atoms with Gasteiger partial charge in [-0.3, -0.25) is 9.59 Å². The molecule has 1 aliphatic rings. The molecule has 0 saturated carbocycles. The molecular weight excluding hydrogens is 369 g/mol. The fraction of sp³-hybridized carbons (Fsp3) is 0.333. The van der Waals surface area contributed by atoms with E-state index in [0.29, 0.717) is 13.1 Å². The van der Waals surface area contributed by atoms with Crippen LogP contribution in [0, 0.1) is 0 Å². The lowest BCUT2D eigenvalue weighted by molar-refractivity contribution is -0.137. The molecule has 0 N–H and O–H groups in total. The molecule has 0 unspecified atom stereocenters. The molecule has 2 amide bonds. The maximum Gasteiger partial charge on any atom is 0.418 e. The second-order valence-electron chi connectivity index (χ2n) is 6.77. The van der Waals surface area contributed by atoms with Crippen molar-refractivity contribution in [3.63, 3.8) is 0 Å². The number of amides is 2. The number of carbonyl (C=O) groups is 2. The Kier molecular flexibility index (Phi) is 5.72. The lowest BCUT2D eigenvalue weighted by Gasteiger charge is -2.30. The minimum absolute atomic E-state index is 0.0338. The van der Waals surface area contributed by atoms with Crippen LogP contribution in [0.5, 0.6) is 0 Å². The average Bonchev–Trinajstić information content (AvgIpc) is 2.67. The van der Waals surface area contributed by atoms with Crippen LogP contribution in [0.4, 0.5) is 18.9 Å². The van der Waals surface area contributed by atoms with Crippen molar-refractivity contribution in [1.29, 1.82) is 0 Å². The van der Waals surface area contributed by atoms with E-state index in [4.69, 9.17) is 0 Å². The average molecular weight is 390 g/mol. The largest absolute Gasteiger partial charge is 0.418 e. The van der Waals surface area contributed by atoms with E-state index in [1.807, 2.05) is 24.3 Å². The molecule has 0 aromatic heterocycles. The summed E-state index contributed by atoms with van der Waals surface area (Å²) in [5.41, 5.74) is 1.17. The second-order valence-corrected chi connectivity index (χ2v) is 6.77. The van der Waals surface area contributed by atoms with E-state index >= 15 is 0 Å². The van der Waals surface area contributed by atoms with E-state index in [1.54, 1.807) is 4.90 Å². The first-order chi connectivity index (χ1) is 13.3. The number of hydrogen-bond donors (Lipinski definition) is 0. The molecule has 0 saturated heterocycles. The summed E-state index contributed by atoms with van der Waals surface area (Å²) in [5.74, 6) is -0.710. The third-order valence-corrected chi connectivity index (χ3v) is 4.91. The fourth-order valence-corrected chi connectivity index (χ4v) is 3.47. The quantitative estimate of drug-likeness (QED) is 0.791. The van der Waals surface area contributed by atoms with E-state index in [2.05, 4.69) is 0 Å². The molecule has 0 aliphatic carbocycles. The van der Waals surface area contributed by atoms with Crippen molar-refractivity contribution in [3.8, 4) is 0 Å². The van der Waals surface area contributed by atoms with Crippen molar-refractivity contribution in [3.05, 3.63) is 65.2 Å². The Balaban J connectivity index is 1.72. The fourth-order valence-electron chi connectivity index (χ4n) is 3.47. The molecule has 0 atom stereocenters. The van der Waals surface area contributed by atoms with Gasteiger partial charge >= 0.3 is 6.18 Å². The molecule has 2 aromatic carbocycles. The van der Waals surface area contributed by atoms with Gasteiger partial charge in [-0.15, -0.1) is 0 Å². The number of fused-ring (bicyclic) bond motifs is 1. The van der Waals surface area contributed by atoms with Crippen molar-refractivity contribution < 1.29 is 22.8 Å². The molecule has 148 valence electrons. The minimum atomic E-state index is -4.58. The van der Waals surface area contributed by atoms with Crippen LogP contribution >= 0.6 is 0 Å². The molecule has 28 heavy (non-hydrogen) atoms. The van der Waals surface area contributed by atoms with Crippen molar-refractivity contribution in [2.24, 2.45) is 0 Å². The smallest absolute Gasteiger partial charge is 0.338 e. The summed E-state index contributed by atoms with van der Waals surface area (Å²) >= 11 is 0. The van der Waals surface area contributed by atoms with Crippen LogP contribution in [-0.2, 0) is 28.7 Å². The van der Waals surface area contributed by atoms with Gasteiger partial charge in [0.15, 0.2) is 0 Å². The minimum Gasteiger partial charge on any atom is -0.338 e. The topological polar surface area (TPSA) is 40.6 Å². The number of alkyl halides is 3. The number of carbonyl (C=O) groups excluding carboxylic acids is 2. The maximum atomic E-state index is 13.3. The van der Waals surface area contributed by atoms with Crippen LogP contribution in [0.3, 0.4) is 0 Å². The second kappa shape index (κ2) is 8.04. The Morgan fingerprint density at radius 3 is 2.36 bits per heavy atom. The summed E-state index contributed by atoms with van der Waals surface area (Å²) in [5, 5.41) is 0. The number of benzene rings is 2. The zero-order valence-corrected chi connectivity index (χ0v) is 15.5. The SMILES string of the molecule is CC(=O)N(CCC(=O)N1CCc2ccccc2C1)c1ccccc1C(F)(F)F. The van der Waals surface area contributed by atoms with E-state index in [-0.39, 0.29) is 24.6 Å². The van der Waals surface area contributed by atoms with Crippen LogP contribution in [0.1, 0.15) is 30.0 Å². The van der Waals surface area contributed by atoms with Gasteiger partial charge in [0, 0.05) is 33.0 Å². The molecule has 7 heteroatoms.